The number of anilines is 2. The summed E-state index contributed by atoms with van der Waals surface area (Å²) in [5, 5.41) is 4.12. The van der Waals surface area contributed by atoms with Gasteiger partial charge in [-0.2, -0.15) is 0 Å². The Morgan fingerprint density at radius 1 is 0.889 bits per heavy atom. The van der Waals surface area contributed by atoms with Crippen molar-refractivity contribution in [2.75, 3.05) is 24.3 Å². The van der Waals surface area contributed by atoms with Crippen LogP contribution in [0.3, 0.4) is 0 Å². The Bertz CT molecular complexity index is 1040. The second-order valence-corrected chi connectivity index (χ2v) is 6.74. The van der Waals surface area contributed by atoms with Crippen molar-refractivity contribution in [2.45, 2.75) is 0 Å². The summed E-state index contributed by atoms with van der Waals surface area (Å²) in [6.45, 7) is 0. The molecule has 0 saturated carbocycles. The maximum Gasteiger partial charge on any atom is 0.255 e. The Balaban J connectivity index is 1.50. The van der Waals surface area contributed by atoms with Gasteiger partial charge in [-0.05, 0) is 54.1 Å². The van der Waals surface area contributed by atoms with E-state index in [1.54, 1.807) is 0 Å². The number of fused-ring (bicyclic) bond motifs is 1. The van der Waals surface area contributed by atoms with Crippen LogP contribution in [0.2, 0.25) is 0 Å². The summed E-state index contributed by atoms with van der Waals surface area (Å²) in [6, 6.07) is 25.7. The first-order chi connectivity index (χ1) is 13.1. The molecule has 1 amide bonds. The molecule has 1 heterocycles. The fourth-order valence-electron chi connectivity index (χ4n) is 3.08. The van der Waals surface area contributed by atoms with Crippen molar-refractivity contribution >= 4 is 28.2 Å². The number of nitrogens with one attached hydrogen (secondary N) is 2. The smallest absolute Gasteiger partial charge is 0.255 e. The van der Waals surface area contributed by atoms with Gasteiger partial charge in [-0.15, -0.1) is 0 Å². The van der Waals surface area contributed by atoms with Crippen LogP contribution in [0.25, 0.3) is 22.2 Å². The molecule has 0 fully saturated rings. The third-order valence-corrected chi connectivity index (χ3v) is 4.63. The monoisotopic (exact) mass is 355 g/mol. The Hall–Kier alpha value is -3.53. The van der Waals surface area contributed by atoms with E-state index in [2.05, 4.69) is 28.5 Å². The number of aromatic amines is 1. The van der Waals surface area contributed by atoms with Gasteiger partial charge in [0.2, 0.25) is 0 Å². The first-order valence-electron chi connectivity index (χ1n) is 8.87. The molecule has 3 aromatic carbocycles. The molecule has 27 heavy (non-hydrogen) atoms. The molecule has 0 saturated heterocycles. The molecule has 4 heteroatoms. The van der Waals surface area contributed by atoms with Gasteiger partial charge in [0.1, 0.15) is 0 Å². The van der Waals surface area contributed by atoms with Crippen LogP contribution in [0.15, 0.2) is 78.9 Å². The maximum atomic E-state index is 12.5. The van der Waals surface area contributed by atoms with Gasteiger partial charge in [-0.1, -0.05) is 30.3 Å². The van der Waals surface area contributed by atoms with Crippen molar-refractivity contribution < 1.29 is 4.79 Å². The number of carbonyl (C=O) groups is 1. The van der Waals surface area contributed by atoms with Crippen molar-refractivity contribution in [3.8, 4) is 11.3 Å². The fourth-order valence-corrected chi connectivity index (χ4v) is 3.08. The third-order valence-electron chi connectivity index (χ3n) is 4.63. The van der Waals surface area contributed by atoms with E-state index in [1.165, 1.54) is 5.39 Å². The summed E-state index contributed by atoms with van der Waals surface area (Å²) in [5.74, 6) is -0.115. The second-order valence-electron chi connectivity index (χ2n) is 6.74. The zero-order valence-corrected chi connectivity index (χ0v) is 15.4. The Morgan fingerprint density at radius 2 is 1.59 bits per heavy atom. The molecule has 0 aliphatic rings. The first-order valence-corrected chi connectivity index (χ1v) is 8.87. The molecule has 0 radical (unpaired) electrons. The fraction of sp³-hybridized carbons (Fsp3) is 0.0870. The van der Waals surface area contributed by atoms with E-state index in [9.17, 15) is 4.79 Å². The van der Waals surface area contributed by atoms with Gasteiger partial charge in [-0.25, -0.2) is 0 Å². The number of rotatable bonds is 4. The van der Waals surface area contributed by atoms with Crippen molar-refractivity contribution in [1.82, 2.24) is 4.98 Å². The quantitative estimate of drug-likeness (QED) is 0.532. The molecule has 4 aromatic rings. The Morgan fingerprint density at radius 3 is 2.26 bits per heavy atom. The predicted octanol–water partition coefficient (Wildman–Crippen LogP) is 5.15. The van der Waals surface area contributed by atoms with Crippen molar-refractivity contribution in [1.29, 1.82) is 0 Å². The minimum atomic E-state index is -0.115. The lowest BCUT2D eigenvalue weighted by atomic mass is 10.1. The minimum absolute atomic E-state index is 0.115. The van der Waals surface area contributed by atoms with E-state index < -0.39 is 0 Å². The first kappa shape index (κ1) is 16.9. The number of carbonyl (C=O) groups excluding carboxylic acids is 1. The largest absolute Gasteiger partial charge is 0.378 e. The number of hydrogen-bond donors (Lipinski definition) is 2. The van der Waals surface area contributed by atoms with Crippen LogP contribution in [0.4, 0.5) is 11.4 Å². The van der Waals surface area contributed by atoms with Crippen LogP contribution in [0.5, 0.6) is 0 Å². The number of H-pyrrole nitrogens is 1. The predicted molar refractivity (Wildman–Crippen MR) is 112 cm³/mol. The summed E-state index contributed by atoms with van der Waals surface area (Å²) in [6.07, 6.45) is 0. The van der Waals surface area contributed by atoms with Crippen molar-refractivity contribution in [3.05, 3.63) is 84.4 Å². The van der Waals surface area contributed by atoms with Crippen molar-refractivity contribution in [3.63, 3.8) is 0 Å². The highest BCUT2D eigenvalue weighted by molar-refractivity contribution is 6.04. The SMILES string of the molecule is CN(C)c1ccc(NC(=O)c2ccc(-c3cc4ccccc4[nH]3)cc2)cc1. The highest BCUT2D eigenvalue weighted by Crippen LogP contribution is 2.24. The maximum absolute atomic E-state index is 12.5. The van der Waals surface area contributed by atoms with Crippen LogP contribution in [-0.2, 0) is 0 Å². The molecular formula is C23H21N3O. The summed E-state index contributed by atoms with van der Waals surface area (Å²) in [4.78, 5) is 17.9. The minimum Gasteiger partial charge on any atom is -0.378 e. The van der Waals surface area contributed by atoms with Gasteiger partial charge in [0.25, 0.3) is 5.91 Å². The summed E-state index contributed by atoms with van der Waals surface area (Å²) >= 11 is 0. The van der Waals surface area contributed by atoms with E-state index in [-0.39, 0.29) is 5.91 Å². The van der Waals surface area contributed by atoms with E-state index in [1.807, 2.05) is 79.7 Å². The van der Waals surface area contributed by atoms with E-state index in [0.717, 1.165) is 28.1 Å². The lowest BCUT2D eigenvalue weighted by Gasteiger charge is -2.13. The number of aromatic nitrogens is 1. The van der Waals surface area contributed by atoms with Crippen molar-refractivity contribution in [2.24, 2.45) is 0 Å². The van der Waals surface area contributed by atoms with Crippen LogP contribution in [0.1, 0.15) is 10.4 Å². The molecule has 0 spiro atoms. The van der Waals surface area contributed by atoms with Crippen LogP contribution in [0, 0.1) is 0 Å². The molecule has 4 rings (SSSR count). The van der Waals surface area contributed by atoms with Gasteiger partial charge < -0.3 is 15.2 Å². The van der Waals surface area contributed by atoms with Gasteiger partial charge in [0.15, 0.2) is 0 Å². The number of benzene rings is 3. The molecule has 0 atom stereocenters. The topological polar surface area (TPSA) is 48.1 Å². The zero-order valence-electron chi connectivity index (χ0n) is 15.4. The Kier molecular flexibility index (Phi) is 4.38. The van der Waals surface area contributed by atoms with E-state index in [4.69, 9.17) is 0 Å². The van der Waals surface area contributed by atoms with Gasteiger partial charge in [-0.3, -0.25) is 4.79 Å². The average molecular weight is 355 g/mol. The normalized spacial score (nSPS) is 10.7. The lowest BCUT2D eigenvalue weighted by molar-refractivity contribution is 0.102. The molecule has 0 aliphatic carbocycles. The molecule has 1 aromatic heterocycles. The highest BCUT2D eigenvalue weighted by atomic mass is 16.1. The number of hydrogen-bond acceptors (Lipinski definition) is 2. The van der Waals surface area contributed by atoms with Gasteiger partial charge in [0.05, 0.1) is 0 Å². The highest BCUT2D eigenvalue weighted by Gasteiger charge is 2.08. The van der Waals surface area contributed by atoms with E-state index in [0.29, 0.717) is 5.56 Å². The Labute approximate surface area is 158 Å². The van der Waals surface area contributed by atoms with E-state index >= 15 is 0 Å². The standard InChI is InChI=1S/C23H21N3O/c1-26(2)20-13-11-19(12-14-20)24-23(27)17-9-7-16(8-10-17)22-15-18-5-3-4-6-21(18)25-22/h3-15,25H,1-2H3,(H,24,27). The third kappa shape index (κ3) is 3.55. The van der Waals surface area contributed by atoms with Crippen LogP contribution in [-0.4, -0.2) is 25.0 Å². The molecule has 0 unspecified atom stereocenters. The zero-order chi connectivity index (χ0) is 18.8. The number of amides is 1. The lowest BCUT2D eigenvalue weighted by Crippen LogP contribution is -2.12. The molecule has 134 valence electrons. The molecule has 0 bridgehead atoms. The average Bonchev–Trinajstić information content (AvgIpc) is 3.13. The van der Waals surface area contributed by atoms with Crippen LogP contribution < -0.4 is 10.2 Å². The summed E-state index contributed by atoms with van der Waals surface area (Å²) < 4.78 is 0. The summed E-state index contributed by atoms with van der Waals surface area (Å²) in [7, 11) is 3.98. The van der Waals surface area contributed by atoms with Gasteiger partial charge >= 0.3 is 0 Å². The summed E-state index contributed by atoms with van der Waals surface area (Å²) in [5.41, 5.74) is 5.71. The molecule has 4 nitrogen and oxygen atoms in total. The molecule has 2 N–H and O–H groups in total. The molecular weight excluding hydrogens is 334 g/mol. The van der Waals surface area contributed by atoms with Crippen LogP contribution >= 0.6 is 0 Å². The molecule has 0 aliphatic heterocycles. The number of para-hydroxylation sites is 1. The second kappa shape index (κ2) is 7.00. The number of nitrogens with zero attached hydrogens (tertiary/aromatic N) is 1. The van der Waals surface area contributed by atoms with Gasteiger partial charge in [0, 0.05) is 47.6 Å².